The van der Waals surface area contributed by atoms with Gasteiger partial charge in [0.2, 0.25) is 0 Å². The zero-order valence-corrected chi connectivity index (χ0v) is 13.2. The molecule has 2 N–H and O–H groups in total. The lowest BCUT2D eigenvalue weighted by Crippen LogP contribution is -2.14. The number of halogens is 1. The molecule has 2 aromatic rings. The summed E-state index contributed by atoms with van der Waals surface area (Å²) in [6, 6.07) is 4.90. The van der Waals surface area contributed by atoms with Gasteiger partial charge in [0.25, 0.3) is 10.0 Å². The molecule has 0 radical (unpaired) electrons. The van der Waals surface area contributed by atoms with Crippen molar-refractivity contribution in [3.8, 4) is 0 Å². The molecule has 0 spiro atoms. The van der Waals surface area contributed by atoms with Crippen LogP contribution in [0.5, 0.6) is 0 Å². The maximum atomic E-state index is 12.3. The fourth-order valence-corrected chi connectivity index (χ4v) is 3.19. The standard InChI is InChI=1S/C12H14BrN3O2S/c1-7-6-10(4-5-11(7)13)19(17,18)16-12-8(2)14-15-9(12)3/h4-6,16H,1-3H3,(H,14,15). The Bertz CT molecular complexity index is 703. The third-order valence-electron chi connectivity index (χ3n) is 2.80. The van der Waals surface area contributed by atoms with Crippen molar-refractivity contribution >= 4 is 31.6 Å². The number of nitrogens with zero attached hydrogens (tertiary/aromatic N) is 1. The second-order valence-electron chi connectivity index (χ2n) is 4.33. The third kappa shape index (κ3) is 2.82. The second kappa shape index (κ2) is 4.97. The normalized spacial score (nSPS) is 11.6. The van der Waals surface area contributed by atoms with Crippen molar-refractivity contribution < 1.29 is 8.42 Å². The average molecular weight is 344 g/mol. The number of benzene rings is 1. The van der Waals surface area contributed by atoms with Gasteiger partial charge in [-0.1, -0.05) is 15.9 Å². The predicted molar refractivity (Wildman–Crippen MR) is 77.7 cm³/mol. The Morgan fingerprint density at radius 2 is 1.95 bits per heavy atom. The quantitative estimate of drug-likeness (QED) is 0.899. The summed E-state index contributed by atoms with van der Waals surface area (Å²) in [6.45, 7) is 5.36. The van der Waals surface area contributed by atoms with Crippen molar-refractivity contribution in [1.82, 2.24) is 10.2 Å². The zero-order chi connectivity index (χ0) is 14.2. The molecule has 102 valence electrons. The number of nitrogens with one attached hydrogen (secondary N) is 2. The Morgan fingerprint density at radius 1 is 1.26 bits per heavy atom. The molecule has 0 saturated carbocycles. The van der Waals surface area contributed by atoms with Gasteiger partial charge in [0, 0.05) is 4.47 Å². The number of H-pyrrole nitrogens is 1. The van der Waals surface area contributed by atoms with Crippen LogP contribution in [-0.2, 0) is 10.0 Å². The summed E-state index contributed by atoms with van der Waals surface area (Å²) < 4.78 is 28.0. The van der Waals surface area contributed by atoms with E-state index in [1.807, 2.05) is 6.92 Å². The van der Waals surface area contributed by atoms with Crippen LogP contribution in [0.2, 0.25) is 0 Å². The Hall–Kier alpha value is -1.34. The molecule has 0 amide bonds. The van der Waals surface area contributed by atoms with E-state index < -0.39 is 10.0 Å². The van der Waals surface area contributed by atoms with Gasteiger partial charge >= 0.3 is 0 Å². The van der Waals surface area contributed by atoms with E-state index in [1.54, 1.807) is 32.0 Å². The van der Waals surface area contributed by atoms with Gasteiger partial charge in [0.05, 0.1) is 22.0 Å². The van der Waals surface area contributed by atoms with Gasteiger partial charge in [-0.3, -0.25) is 9.82 Å². The second-order valence-corrected chi connectivity index (χ2v) is 6.86. The molecule has 19 heavy (non-hydrogen) atoms. The lowest BCUT2D eigenvalue weighted by Gasteiger charge is -2.09. The molecule has 1 aromatic carbocycles. The molecule has 7 heteroatoms. The van der Waals surface area contributed by atoms with E-state index in [-0.39, 0.29) is 4.90 Å². The van der Waals surface area contributed by atoms with Crippen LogP contribution in [0.15, 0.2) is 27.6 Å². The lowest BCUT2D eigenvalue weighted by atomic mass is 10.2. The average Bonchev–Trinajstić information content (AvgIpc) is 2.64. The Balaban J connectivity index is 2.41. The van der Waals surface area contributed by atoms with E-state index in [2.05, 4.69) is 30.8 Å². The van der Waals surface area contributed by atoms with E-state index in [0.29, 0.717) is 17.1 Å². The van der Waals surface area contributed by atoms with Crippen molar-refractivity contribution in [2.45, 2.75) is 25.7 Å². The van der Waals surface area contributed by atoms with Gasteiger partial charge in [-0.05, 0) is 44.5 Å². The molecule has 2 rings (SSSR count). The highest BCUT2D eigenvalue weighted by molar-refractivity contribution is 9.10. The summed E-state index contributed by atoms with van der Waals surface area (Å²) in [6.07, 6.45) is 0. The molecule has 0 aliphatic heterocycles. The van der Waals surface area contributed by atoms with Gasteiger partial charge in [-0.2, -0.15) is 5.10 Å². The minimum absolute atomic E-state index is 0.230. The van der Waals surface area contributed by atoms with E-state index in [0.717, 1.165) is 10.0 Å². The number of aromatic amines is 1. The molecular formula is C12H14BrN3O2S. The topological polar surface area (TPSA) is 74.8 Å². The highest BCUT2D eigenvalue weighted by atomic mass is 79.9. The predicted octanol–water partition coefficient (Wildman–Crippen LogP) is 2.90. The van der Waals surface area contributed by atoms with Gasteiger partial charge in [-0.25, -0.2) is 8.42 Å². The summed E-state index contributed by atoms with van der Waals surface area (Å²) in [4.78, 5) is 0.230. The fourth-order valence-electron chi connectivity index (χ4n) is 1.68. The smallest absolute Gasteiger partial charge is 0.262 e. The first-order valence-corrected chi connectivity index (χ1v) is 7.89. The highest BCUT2D eigenvalue weighted by Crippen LogP contribution is 2.24. The van der Waals surface area contributed by atoms with E-state index >= 15 is 0 Å². The van der Waals surface area contributed by atoms with Crippen LogP contribution in [0, 0.1) is 20.8 Å². The summed E-state index contributed by atoms with van der Waals surface area (Å²) in [5.74, 6) is 0. The summed E-state index contributed by atoms with van der Waals surface area (Å²) in [5, 5.41) is 6.71. The number of hydrogen-bond donors (Lipinski definition) is 2. The SMILES string of the molecule is Cc1cc(S(=O)(=O)Nc2c(C)n[nH]c2C)ccc1Br. The zero-order valence-electron chi connectivity index (χ0n) is 10.8. The first-order valence-electron chi connectivity index (χ1n) is 5.62. The molecule has 0 atom stereocenters. The minimum atomic E-state index is -3.60. The van der Waals surface area contributed by atoms with Gasteiger partial charge in [0.15, 0.2) is 0 Å². The molecule has 0 aliphatic rings. The maximum absolute atomic E-state index is 12.3. The van der Waals surface area contributed by atoms with Crippen LogP contribution in [-0.4, -0.2) is 18.6 Å². The molecule has 5 nitrogen and oxygen atoms in total. The maximum Gasteiger partial charge on any atom is 0.262 e. The Kier molecular flexibility index (Phi) is 3.69. The Morgan fingerprint density at radius 3 is 2.47 bits per heavy atom. The molecular weight excluding hydrogens is 330 g/mol. The number of rotatable bonds is 3. The molecule has 1 aromatic heterocycles. The largest absolute Gasteiger partial charge is 0.280 e. The van der Waals surface area contributed by atoms with Crippen LogP contribution < -0.4 is 4.72 Å². The van der Waals surface area contributed by atoms with E-state index in [9.17, 15) is 8.42 Å². The monoisotopic (exact) mass is 343 g/mol. The molecule has 0 saturated heterocycles. The minimum Gasteiger partial charge on any atom is -0.280 e. The molecule has 0 fully saturated rings. The van der Waals surface area contributed by atoms with E-state index in [1.165, 1.54) is 0 Å². The van der Waals surface area contributed by atoms with Crippen LogP contribution in [0.25, 0.3) is 0 Å². The number of anilines is 1. The van der Waals surface area contributed by atoms with Crippen LogP contribution in [0.4, 0.5) is 5.69 Å². The van der Waals surface area contributed by atoms with E-state index in [4.69, 9.17) is 0 Å². The lowest BCUT2D eigenvalue weighted by molar-refractivity contribution is 0.601. The van der Waals surface area contributed by atoms with Gasteiger partial charge in [-0.15, -0.1) is 0 Å². The van der Waals surface area contributed by atoms with Gasteiger partial charge < -0.3 is 0 Å². The van der Waals surface area contributed by atoms with Crippen LogP contribution in [0.3, 0.4) is 0 Å². The Labute approximate surface area is 120 Å². The fraction of sp³-hybridized carbons (Fsp3) is 0.250. The molecule has 0 bridgehead atoms. The first-order chi connectivity index (χ1) is 8.81. The number of sulfonamides is 1. The van der Waals surface area contributed by atoms with Crippen molar-refractivity contribution in [3.05, 3.63) is 39.6 Å². The first kappa shape index (κ1) is 14.1. The summed E-state index contributed by atoms with van der Waals surface area (Å²) in [5.41, 5.74) is 2.67. The van der Waals surface area contributed by atoms with Crippen molar-refractivity contribution in [2.75, 3.05) is 4.72 Å². The van der Waals surface area contributed by atoms with Crippen molar-refractivity contribution in [1.29, 1.82) is 0 Å². The number of aryl methyl sites for hydroxylation is 3. The van der Waals surface area contributed by atoms with Crippen molar-refractivity contribution in [3.63, 3.8) is 0 Å². The van der Waals surface area contributed by atoms with Gasteiger partial charge in [0.1, 0.15) is 0 Å². The van der Waals surface area contributed by atoms with Crippen LogP contribution in [0.1, 0.15) is 17.0 Å². The van der Waals surface area contributed by atoms with Crippen LogP contribution >= 0.6 is 15.9 Å². The van der Waals surface area contributed by atoms with Crippen molar-refractivity contribution in [2.24, 2.45) is 0 Å². The highest BCUT2D eigenvalue weighted by Gasteiger charge is 2.18. The molecule has 0 unspecified atom stereocenters. The molecule has 0 aliphatic carbocycles. The number of hydrogen-bond acceptors (Lipinski definition) is 3. The number of aromatic nitrogens is 2. The summed E-state index contributed by atoms with van der Waals surface area (Å²) >= 11 is 3.35. The summed E-state index contributed by atoms with van der Waals surface area (Å²) in [7, 11) is -3.60. The third-order valence-corrected chi connectivity index (χ3v) is 5.04. The molecule has 1 heterocycles.